The normalized spacial score (nSPS) is 16.9. The Morgan fingerprint density at radius 2 is 1.68 bits per heavy atom. The third-order valence-corrected chi connectivity index (χ3v) is 8.77. The second-order valence-corrected chi connectivity index (χ2v) is 12.9. The minimum absolute atomic E-state index is 0.0204. The van der Waals surface area contributed by atoms with Crippen LogP contribution >= 0.6 is 15.9 Å². The Morgan fingerprint density at radius 3 is 2.27 bits per heavy atom. The first kappa shape index (κ1) is 30.5. The number of hydrogen-bond donors (Lipinski definition) is 1. The molecule has 1 aromatic carbocycles. The predicted molar refractivity (Wildman–Crippen MR) is 157 cm³/mol. The van der Waals surface area contributed by atoms with Crippen molar-refractivity contribution in [3.63, 3.8) is 0 Å². The number of benzene rings is 1. The van der Waals surface area contributed by atoms with Gasteiger partial charge in [-0.15, -0.1) is 0 Å². The van der Waals surface area contributed by atoms with Gasteiger partial charge in [0, 0.05) is 39.9 Å². The summed E-state index contributed by atoms with van der Waals surface area (Å²) in [6.07, 6.45) is 7.16. The SMILES string of the molecule is COc1cc(C(O)(CCOS(C)(=O)=O)C(CC2CCCCC2)c2cc3cc(Br)ccc3nc2OC)cc(OC)n1. The summed E-state index contributed by atoms with van der Waals surface area (Å²) in [5.74, 6) is 0.767. The summed E-state index contributed by atoms with van der Waals surface area (Å²) in [5, 5.41) is 13.7. The van der Waals surface area contributed by atoms with E-state index in [-0.39, 0.29) is 24.8 Å². The minimum atomic E-state index is -3.73. The van der Waals surface area contributed by atoms with Crippen molar-refractivity contribution in [2.45, 2.75) is 56.5 Å². The minimum Gasteiger partial charge on any atom is -0.481 e. The Hall–Kier alpha value is -2.47. The fourth-order valence-corrected chi connectivity index (χ4v) is 6.47. The van der Waals surface area contributed by atoms with Crippen molar-refractivity contribution >= 4 is 37.0 Å². The van der Waals surface area contributed by atoms with Crippen molar-refractivity contribution in [3.05, 3.63) is 52.0 Å². The highest BCUT2D eigenvalue weighted by atomic mass is 79.9. The quantitative estimate of drug-likeness (QED) is 0.249. The molecule has 2 atom stereocenters. The fourth-order valence-electron chi connectivity index (χ4n) is 5.70. The molecule has 3 aromatic rings. The molecule has 9 nitrogen and oxygen atoms in total. The second-order valence-electron chi connectivity index (χ2n) is 10.4. The molecule has 0 spiro atoms. The van der Waals surface area contributed by atoms with Gasteiger partial charge >= 0.3 is 0 Å². The molecule has 0 aliphatic heterocycles. The molecule has 1 saturated carbocycles. The standard InChI is InChI=1S/C29H37BrN2O7S/c1-36-26-17-21(18-27(32-26)37-2)29(33,12-13-39-40(4,34)35)24(14-19-8-6-5-7-9-19)23-16-20-15-22(30)10-11-25(20)31-28(23)38-3/h10-11,15-19,24,33H,5-9,12-14H2,1-4H3. The lowest BCUT2D eigenvalue weighted by molar-refractivity contribution is -0.0214. The topological polar surface area (TPSA) is 117 Å². The van der Waals surface area contributed by atoms with Gasteiger partial charge in [0.2, 0.25) is 17.6 Å². The average molecular weight is 638 g/mol. The number of hydrogen-bond acceptors (Lipinski definition) is 9. The molecule has 0 radical (unpaired) electrons. The maximum Gasteiger partial charge on any atom is 0.264 e. The van der Waals surface area contributed by atoms with Crippen LogP contribution in [0.2, 0.25) is 0 Å². The summed E-state index contributed by atoms with van der Waals surface area (Å²) in [6.45, 7) is -0.224. The van der Waals surface area contributed by atoms with Crippen LogP contribution in [0.3, 0.4) is 0 Å². The van der Waals surface area contributed by atoms with Crippen LogP contribution in [0.15, 0.2) is 40.9 Å². The monoisotopic (exact) mass is 636 g/mol. The zero-order chi connectivity index (χ0) is 28.9. The Bertz CT molecular complexity index is 1410. The molecule has 40 heavy (non-hydrogen) atoms. The smallest absolute Gasteiger partial charge is 0.264 e. The molecule has 1 aliphatic carbocycles. The molecule has 4 rings (SSSR count). The van der Waals surface area contributed by atoms with Gasteiger partial charge in [-0.05, 0) is 42.2 Å². The van der Waals surface area contributed by atoms with Gasteiger partial charge in [0.15, 0.2) is 0 Å². The number of pyridine rings is 2. The average Bonchev–Trinajstić information content (AvgIpc) is 2.94. The molecule has 0 bridgehead atoms. The number of nitrogens with zero attached hydrogens (tertiary/aromatic N) is 2. The summed E-state index contributed by atoms with van der Waals surface area (Å²) in [4.78, 5) is 9.11. The first-order chi connectivity index (χ1) is 19.1. The van der Waals surface area contributed by atoms with Crippen LogP contribution in [0.25, 0.3) is 10.9 Å². The molecule has 1 fully saturated rings. The van der Waals surface area contributed by atoms with E-state index < -0.39 is 21.6 Å². The van der Waals surface area contributed by atoms with Gasteiger partial charge in [-0.25, -0.2) is 4.98 Å². The van der Waals surface area contributed by atoms with E-state index in [0.29, 0.717) is 23.8 Å². The molecular formula is C29H37BrN2O7S. The molecule has 218 valence electrons. The van der Waals surface area contributed by atoms with Gasteiger partial charge in [-0.3, -0.25) is 4.18 Å². The highest BCUT2D eigenvalue weighted by molar-refractivity contribution is 9.10. The van der Waals surface area contributed by atoms with Crippen molar-refractivity contribution in [2.75, 3.05) is 34.2 Å². The molecule has 2 unspecified atom stereocenters. The van der Waals surface area contributed by atoms with Gasteiger partial charge in [-0.2, -0.15) is 13.4 Å². The van der Waals surface area contributed by atoms with E-state index in [1.807, 2.05) is 24.3 Å². The molecule has 0 saturated heterocycles. The third-order valence-electron chi connectivity index (χ3n) is 7.69. The van der Waals surface area contributed by atoms with Crippen molar-refractivity contribution in [2.24, 2.45) is 5.92 Å². The van der Waals surface area contributed by atoms with Gasteiger partial charge in [0.1, 0.15) is 0 Å². The highest BCUT2D eigenvalue weighted by Crippen LogP contribution is 2.49. The predicted octanol–water partition coefficient (Wildman–Crippen LogP) is 5.73. The van der Waals surface area contributed by atoms with E-state index in [2.05, 4.69) is 20.9 Å². The maximum absolute atomic E-state index is 12.8. The summed E-state index contributed by atoms with van der Waals surface area (Å²) in [7, 11) is 0.817. The van der Waals surface area contributed by atoms with Gasteiger partial charge in [0.25, 0.3) is 10.1 Å². The molecule has 2 aromatic heterocycles. The fraction of sp³-hybridized carbons (Fsp3) is 0.517. The number of aromatic nitrogens is 2. The third kappa shape index (κ3) is 7.23. The Morgan fingerprint density at radius 1 is 1.00 bits per heavy atom. The van der Waals surface area contributed by atoms with Crippen LogP contribution in [0.1, 0.15) is 62.0 Å². The Labute approximate surface area is 244 Å². The summed E-state index contributed by atoms with van der Waals surface area (Å²) in [6, 6.07) is 11.1. The van der Waals surface area contributed by atoms with E-state index >= 15 is 0 Å². The largest absolute Gasteiger partial charge is 0.481 e. The lowest BCUT2D eigenvalue weighted by atomic mass is 9.69. The van der Waals surface area contributed by atoms with E-state index in [1.54, 1.807) is 19.2 Å². The first-order valence-corrected chi connectivity index (χ1v) is 16.0. The number of fused-ring (bicyclic) bond motifs is 1. The van der Waals surface area contributed by atoms with Crippen molar-refractivity contribution in [3.8, 4) is 17.6 Å². The Balaban J connectivity index is 1.94. The lowest BCUT2D eigenvalue weighted by Gasteiger charge is -2.40. The van der Waals surface area contributed by atoms with Crippen LogP contribution in [0, 0.1) is 5.92 Å². The molecule has 2 heterocycles. The molecule has 0 amide bonds. The maximum atomic E-state index is 12.8. The van der Waals surface area contributed by atoms with E-state index in [0.717, 1.165) is 52.9 Å². The van der Waals surface area contributed by atoms with Crippen molar-refractivity contribution in [1.29, 1.82) is 0 Å². The number of rotatable bonds is 12. The van der Waals surface area contributed by atoms with Crippen molar-refractivity contribution in [1.82, 2.24) is 9.97 Å². The van der Waals surface area contributed by atoms with E-state index in [4.69, 9.17) is 23.4 Å². The van der Waals surface area contributed by atoms with Crippen LogP contribution < -0.4 is 14.2 Å². The van der Waals surface area contributed by atoms with Gasteiger partial charge < -0.3 is 19.3 Å². The molecule has 11 heteroatoms. The summed E-state index contributed by atoms with van der Waals surface area (Å²) >= 11 is 3.55. The lowest BCUT2D eigenvalue weighted by Crippen LogP contribution is -2.37. The van der Waals surface area contributed by atoms with Gasteiger partial charge in [-0.1, -0.05) is 48.0 Å². The first-order valence-electron chi connectivity index (χ1n) is 13.4. The van der Waals surface area contributed by atoms with Crippen LogP contribution in [-0.4, -0.2) is 57.7 Å². The van der Waals surface area contributed by atoms with Gasteiger partial charge in [0.05, 0.1) is 45.3 Å². The molecule has 1 N–H and O–H groups in total. The zero-order valence-corrected chi connectivity index (χ0v) is 25.8. The van der Waals surface area contributed by atoms with Crippen LogP contribution in [-0.2, 0) is 19.9 Å². The molecule has 1 aliphatic rings. The summed E-state index contributed by atoms with van der Waals surface area (Å²) < 4.78 is 46.5. The number of halogens is 1. The van der Waals surface area contributed by atoms with Crippen LogP contribution in [0.5, 0.6) is 17.6 Å². The molecular weight excluding hydrogens is 600 g/mol. The van der Waals surface area contributed by atoms with Crippen LogP contribution in [0.4, 0.5) is 0 Å². The highest BCUT2D eigenvalue weighted by Gasteiger charge is 2.43. The number of aliphatic hydroxyl groups is 1. The van der Waals surface area contributed by atoms with E-state index in [9.17, 15) is 13.5 Å². The van der Waals surface area contributed by atoms with E-state index in [1.165, 1.54) is 20.6 Å². The zero-order valence-electron chi connectivity index (χ0n) is 23.4. The van der Waals surface area contributed by atoms with Crippen molar-refractivity contribution < 1.29 is 31.9 Å². The number of ether oxygens (including phenoxy) is 3. The second kappa shape index (κ2) is 13.0. The number of methoxy groups -OCH3 is 3. The summed E-state index contributed by atoms with van der Waals surface area (Å²) in [5.41, 5.74) is 0.359. The Kier molecular flexibility index (Phi) is 9.92.